The van der Waals surface area contributed by atoms with Gasteiger partial charge in [-0.2, -0.15) is 0 Å². The fraction of sp³-hybridized carbons (Fsp3) is 0.550. The minimum atomic E-state index is 0.0444. The van der Waals surface area contributed by atoms with E-state index in [0.717, 1.165) is 55.4 Å². The Morgan fingerprint density at radius 2 is 1.93 bits per heavy atom. The first-order valence-electron chi connectivity index (χ1n) is 9.44. The van der Waals surface area contributed by atoms with E-state index in [0.29, 0.717) is 5.92 Å². The molecule has 0 atom stereocenters. The van der Waals surface area contributed by atoms with E-state index >= 15 is 0 Å². The minimum absolute atomic E-state index is 0.0444. The second-order valence-electron chi connectivity index (χ2n) is 7.48. The summed E-state index contributed by atoms with van der Waals surface area (Å²) in [5, 5.41) is 8.73. The molecule has 0 aliphatic carbocycles. The Balaban J connectivity index is 1.52. The molecule has 2 heterocycles. The van der Waals surface area contributed by atoms with E-state index in [9.17, 15) is 4.79 Å². The highest BCUT2D eigenvalue weighted by molar-refractivity contribution is 5.77. The van der Waals surface area contributed by atoms with E-state index in [4.69, 9.17) is 4.74 Å². The number of amides is 1. The molecule has 146 valence electrons. The summed E-state index contributed by atoms with van der Waals surface area (Å²) in [6.07, 6.45) is 1.81. The van der Waals surface area contributed by atoms with Crippen molar-refractivity contribution in [3.63, 3.8) is 0 Å². The van der Waals surface area contributed by atoms with Crippen LogP contribution in [0.15, 0.2) is 24.3 Å². The number of rotatable bonds is 6. The summed E-state index contributed by atoms with van der Waals surface area (Å²) in [6, 6.07) is 7.76. The Hall–Kier alpha value is -2.41. The Bertz CT molecular complexity index is 778. The van der Waals surface area contributed by atoms with E-state index < -0.39 is 0 Å². The van der Waals surface area contributed by atoms with Crippen LogP contribution >= 0.6 is 0 Å². The first-order valence-corrected chi connectivity index (χ1v) is 9.44. The fourth-order valence-corrected chi connectivity index (χ4v) is 3.49. The Morgan fingerprint density at radius 3 is 2.59 bits per heavy atom. The van der Waals surface area contributed by atoms with Crippen molar-refractivity contribution < 1.29 is 9.53 Å². The van der Waals surface area contributed by atoms with Gasteiger partial charge in [0.15, 0.2) is 6.61 Å². The van der Waals surface area contributed by atoms with Crippen molar-refractivity contribution in [2.45, 2.75) is 32.2 Å². The van der Waals surface area contributed by atoms with Crippen molar-refractivity contribution in [3.8, 4) is 5.75 Å². The molecule has 0 spiro atoms. The van der Waals surface area contributed by atoms with Crippen molar-refractivity contribution in [2.75, 3.05) is 33.8 Å². The SMILES string of the molecule is Cc1ccccc1OCC(=O)N1CCC(c2nnc(CN(C)C)n2C)CC1. The molecule has 1 saturated heterocycles. The number of piperidine rings is 1. The van der Waals surface area contributed by atoms with Crippen LogP contribution in [0.25, 0.3) is 0 Å². The first kappa shape index (κ1) is 19.4. The lowest BCUT2D eigenvalue weighted by Crippen LogP contribution is -2.40. The molecular weight excluding hydrogens is 342 g/mol. The maximum Gasteiger partial charge on any atom is 0.260 e. The van der Waals surface area contributed by atoms with Gasteiger partial charge in [-0.1, -0.05) is 18.2 Å². The molecule has 0 unspecified atom stereocenters. The molecule has 7 heteroatoms. The minimum Gasteiger partial charge on any atom is -0.484 e. The van der Waals surface area contributed by atoms with Crippen LogP contribution in [0, 0.1) is 6.92 Å². The quantitative estimate of drug-likeness (QED) is 0.777. The number of carbonyl (C=O) groups excluding carboxylic acids is 1. The number of nitrogens with zero attached hydrogens (tertiary/aromatic N) is 5. The highest BCUT2D eigenvalue weighted by Crippen LogP contribution is 2.27. The largest absolute Gasteiger partial charge is 0.484 e. The van der Waals surface area contributed by atoms with Gasteiger partial charge in [0.05, 0.1) is 6.54 Å². The van der Waals surface area contributed by atoms with Crippen LogP contribution in [0.5, 0.6) is 5.75 Å². The Morgan fingerprint density at radius 1 is 1.22 bits per heavy atom. The molecule has 1 aliphatic rings. The van der Waals surface area contributed by atoms with Gasteiger partial charge in [-0.05, 0) is 45.5 Å². The molecule has 2 aromatic rings. The molecule has 3 rings (SSSR count). The zero-order chi connectivity index (χ0) is 19.4. The van der Waals surface area contributed by atoms with Crippen molar-refractivity contribution in [1.29, 1.82) is 0 Å². The highest BCUT2D eigenvalue weighted by Gasteiger charge is 2.27. The number of carbonyl (C=O) groups is 1. The molecule has 1 aromatic heterocycles. The van der Waals surface area contributed by atoms with E-state index in [-0.39, 0.29) is 12.5 Å². The van der Waals surface area contributed by atoms with Gasteiger partial charge in [0.2, 0.25) is 0 Å². The fourth-order valence-electron chi connectivity index (χ4n) is 3.49. The number of benzene rings is 1. The second-order valence-corrected chi connectivity index (χ2v) is 7.48. The van der Waals surface area contributed by atoms with Crippen LogP contribution in [0.3, 0.4) is 0 Å². The number of aryl methyl sites for hydroxylation is 1. The Labute approximate surface area is 160 Å². The molecule has 27 heavy (non-hydrogen) atoms. The Kier molecular flexibility index (Phi) is 6.11. The number of likely N-dealkylation sites (tertiary alicyclic amines) is 1. The van der Waals surface area contributed by atoms with Gasteiger partial charge >= 0.3 is 0 Å². The smallest absolute Gasteiger partial charge is 0.260 e. The predicted octanol–water partition coefficient (Wildman–Crippen LogP) is 1.97. The van der Waals surface area contributed by atoms with Crippen LogP contribution in [0.2, 0.25) is 0 Å². The number of para-hydroxylation sites is 1. The maximum absolute atomic E-state index is 12.5. The van der Waals surface area contributed by atoms with Gasteiger partial charge < -0.3 is 19.1 Å². The number of ether oxygens (including phenoxy) is 1. The van der Waals surface area contributed by atoms with Crippen molar-refractivity contribution in [2.24, 2.45) is 7.05 Å². The van der Waals surface area contributed by atoms with Crippen LogP contribution in [0.4, 0.5) is 0 Å². The lowest BCUT2D eigenvalue weighted by Gasteiger charge is -2.31. The third-order valence-electron chi connectivity index (χ3n) is 5.11. The third kappa shape index (κ3) is 4.66. The van der Waals surface area contributed by atoms with Crippen LogP contribution in [-0.4, -0.2) is 64.3 Å². The van der Waals surface area contributed by atoms with Gasteiger partial charge in [0.1, 0.15) is 17.4 Å². The zero-order valence-electron chi connectivity index (χ0n) is 16.7. The van der Waals surface area contributed by atoms with Gasteiger partial charge in [0, 0.05) is 26.1 Å². The predicted molar refractivity (Wildman–Crippen MR) is 104 cm³/mol. The normalized spacial score (nSPS) is 15.4. The van der Waals surface area contributed by atoms with Crippen LogP contribution in [0.1, 0.15) is 36.0 Å². The molecule has 0 N–H and O–H groups in total. The molecule has 1 aliphatic heterocycles. The van der Waals surface area contributed by atoms with Crippen molar-refractivity contribution >= 4 is 5.91 Å². The van der Waals surface area contributed by atoms with E-state index in [1.165, 1.54) is 0 Å². The number of hydrogen-bond acceptors (Lipinski definition) is 5. The molecule has 1 aromatic carbocycles. The average molecular weight is 371 g/mol. The van der Waals surface area contributed by atoms with Gasteiger partial charge in [0.25, 0.3) is 5.91 Å². The topological polar surface area (TPSA) is 63.5 Å². The number of hydrogen-bond donors (Lipinski definition) is 0. The van der Waals surface area contributed by atoms with E-state index in [2.05, 4.69) is 19.7 Å². The summed E-state index contributed by atoms with van der Waals surface area (Å²) in [4.78, 5) is 16.5. The third-order valence-corrected chi connectivity index (χ3v) is 5.11. The summed E-state index contributed by atoms with van der Waals surface area (Å²) in [6.45, 7) is 4.31. The van der Waals surface area contributed by atoms with E-state index in [1.807, 2.05) is 57.2 Å². The van der Waals surface area contributed by atoms with Crippen molar-refractivity contribution in [1.82, 2.24) is 24.6 Å². The van der Waals surface area contributed by atoms with Gasteiger partial charge in [-0.3, -0.25) is 4.79 Å². The highest BCUT2D eigenvalue weighted by atomic mass is 16.5. The summed E-state index contributed by atoms with van der Waals surface area (Å²) < 4.78 is 7.80. The number of aromatic nitrogens is 3. The van der Waals surface area contributed by atoms with Crippen LogP contribution < -0.4 is 4.74 Å². The lowest BCUT2D eigenvalue weighted by atomic mass is 9.96. The monoisotopic (exact) mass is 371 g/mol. The first-order chi connectivity index (χ1) is 13.0. The molecule has 0 radical (unpaired) electrons. The molecule has 0 bridgehead atoms. The summed E-state index contributed by atoms with van der Waals surface area (Å²) >= 11 is 0. The standard InChI is InChI=1S/C20H29N5O2/c1-15-7-5-6-8-17(15)27-14-19(26)25-11-9-16(10-12-25)20-22-21-18(24(20)4)13-23(2)3/h5-8,16H,9-14H2,1-4H3. The zero-order valence-corrected chi connectivity index (χ0v) is 16.7. The lowest BCUT2D eigenvalue weighted by molar-refractivity contribution is -0.134. The van der Waals surface area contributed by atoms with E-state index in [1.54, 1.807) is 0 Å². The summed E-state index contributed by atoms with van der Waals surface area (Å²) in [7, 11) is 6.08. The van der Waals surface area contributed by atoms with Crippen LogP contribution in [-0.2, 0) is 18.4 Å². The van der Waals surface area contributed by atoms with Gasteiger partial charge in [-0.15, -0.1) is 10.2 Å². The average Bonchev–Trinajstić information content (AvgIpc) is 3.01. The molecule has 1 fully saturated rings. The summed E-state index contributed by atoms with van der Waals surface area (Å²) in [5.74, 6) is 3.16. The van der Waals surface area contributed by atoms with Crippen molar-refractivity contribution in [3.05, 3.63) is 41.5 Å². The molecular formula is C20H29N5O2. The second kappa shape index (κ2) is 8.52. The van der Waals surface area contributed by atoms with Gasteiger partial charge in [-0.25, -0.2) is 0 Å². The summed E-state index contributed by atoms with van der Waals surface area (Å²) in [5.41, 5.74) is 1.04. The molecule has 1 amide bonds. The molecule has 0 saturated carbocycles. The maximum atomic E-state index is 12.5. The molecule has 7 nitrogen and oxygen atoms in total.